The van der Waals surface area contributed by atoms with Crippen LogP contribution in [0.2, 0.25) is 0 Å². The van der Waals surface area contributed by atoms with Gasteiger partial charge in [-0.25, -0.2) is 4.98 Å². The lowest BCUT2D eigenvalue weighted by Gasteiger charge is -2.44. The number of aromatic nitrogens is 2. The molecule has 12 heteroatoms. The number of fused-ring (bicyclic) bond motifs is 3. The van der Waals surface area contributed by atoms with Crippen molar-refractivity contribution in [1.82, 2.24) is 14.9 Å². The minimum atomic E-state index is -4.67. The summed E-state index contributed by atoms with van der Waals surface area (Å²) in [4.78, 5) is 23.9. The fraction of sp³-hybridized carbons (Fsp3) is 0.320. The first kappa shape index (κ1) is 24.6. The molecule has 1 amide bonds. The van der Waals surface area contributed by atoms with Gasteiger partial charge in [-0.1, -0.05) is 6.07 Å². The number of nitrogens with one attached hydrogen (secondary N) is 3. The van der Waals surface area contributed by atoms with Crippen molar-refractivity contribution >= 4 is 40.4 Å². The number of ether oxygens (including phenoxy) is 1. The third-order valence-corrected chi connectivity index (χ3v) is 6.18. The van der Waals surface area contributed by atoms with Gasteiger partial charge < -0.3 is 30.5 Å². The van der Waals surface area contributed by atoms with E-state index >= 15 is 0 Å². The van der Waals surface area contributed by atoms with Crippen LogP contribution >= 0.6 is 0 Å². The fourth-order valence-corrected chi connectivity index (χ4v) is 4.49. The molecule has 5 rings (SSSR count). The van der Waals surface area contributed by atoms with E-state index in [0.717, 1.165) is 31.5 Å². The van der Waals surface area contributed by atoms with Gasteiger partial charge in [0, 0.05) is 55.9 Å². The molecule has 3 heterocycles. The van der Waals surface area contributed by atoms with E-state index in [-0.39, 0.29) is 17.9 Å². The van der Waals surface area contributed by atoms with Crippen LogP contribution in [0.5, 0.6) is 5.75 Å². The summed E-state index contributed by atoms with van der Waals surface area (Å²) in [6.07, 6.45) is -3.94. The Labute approximate surface area is 211 Å². The van der Waals surface area contributed by atoms with Crippen molar-refractivity contribution < 1.29 is 22.7 Å². The molecule has 37 heavy (non-hydrogen) atoms. The molecule has 0 bridgehead atoms. The fourth-order valence-electron chi connectivity index (χ4n) is 4.49. The molecular formula is C25H26F3N7O2. The molecule has 1 atom stereocenters. The van der Waals surface area contributed by atoms with Gasteiger partial charge in [0.15, 0.2) is 0 Å². The number of rotatable bonds is 5. The number of carbonyl (C=O) groups excluding carboxylic acids is 1. The van der Waals surface area contributed by atoms with Gasteiger partial charge in [0.25, 0.3) is 0 Å². The second-order valence-corrected chi connectivity index (χ2v) is 9.07. The Hall–Kier alpha value is -4.06. The number of amides is 1. The zero-order valence-electron chi connectivity index (χ0n) is 20.3. The van der Waals surface area contributed by atoms with E-state index in [4.69, 9.17) is 4.74 Å². The zero-order valence-corrected chi connectivity index (χ0v) is 20.3. The first-order chi connectivity index (χ1) is 17.7. The number of nitrogens with zero attached hydrogens (tertiary/aromatic N) is 4. The van der Waals surface area contributed by atoms with E-state index in [2.05, 4.69) is 42.8 Å². The number of alkyl halides is 3. The molecule has 2 aromatic carbocycles. The van der Waals surface area contributed by atoms with Crippen LogP contribution in [-0.2, 0) is 11.0 Å². The summed E-state index contributed by atoms with van der Waals surface area (Å²) in [5.41, 5.74) is 1.33. The van der Waals surface area contributed by atoms with Gasteiger partial charge in [0.1, 0.15) is 23.7 Å². The summed E-state index contributed by atoms with van der Waals surface area (Å²) in [5, 5.41) is 8.29. The van der Waals surface area contributed by atoms with E-state index in [9.17, 15) is 18.0 Å². The Morgan fingerprint density at radius 2 is 1.86 bits per heavy atom. The molecule has 3 aromatic rings. The Balaban J connectivity index is 1.39. The number of hydrogen-bond donors (Lipinski definition) is 3. The van der Waals surface area contributed by atoms with Crippen molar-refractivity contribution in [2.75, 3.05) is 54.1 Å². The van der Waals surface area contributed by atoms with Gasteiger partial charge in [-0.15, -0.1) is 0 Å². The van der Waals surface area contributed by atoms with Crippen LogP contribution in [0.15, 0.2) is 48.7 Å². The molecule has 0 aliphatic carbocycles. The number of anilines is 6. The highest BCUT2D eigenvalue weighted by Gasteiger charge is 2.36. The van der Waals surface area contributed by atoms with Gasteiger partial charge in [-0.05, 0) is 37.4 Å². The quantitative estimate of drug-likeness (QED) is 0.461. The molecule has 0 unspecified atom stereocenters. The number of hydrogen-bond acceptors (Lipinski definition) is 8. The van der Waals surface area contributed by atoms with E-state index in [1.807, 2.05) is 12.1 Å². The predicted molar refractivity (Wildman–Crippen MR) is 135 cm³/mol. The summed E-state index contributed by atoms with van der Waals surface area (Å²) in [7, 11) is 2.09. The third-order valence-electron chi connectivity index (χ3n) is 6.18. The molecular weight excluding hydrogens is 487 g/mol. The molecule has 1 aromatic heterocycles. The van der Waals surface area contributed by atoms with Crippen LogP contribution in [0.25, 0.3) is 0 Å². The lowest BCUT2D eigenvalue weighted by Crippen LogP contribution is -2.56. The van der Waals surface area contributed by atoms with Crippen LogP contribution in [0.1, 0.15) is 12.5 Å². The molecule has 3 N–H and O–H groups in total. The molecule has 2 aliphatic heterocycles. The lowest BCUT2D eigenvalue weighted by molar-refractivity contribution is -0.137. The summed E-state index contributed by atoms with van der Waals surface area (Å²) >= 11 is 0. The number of benzene rings is 2. The Kier molecular flexibility index (Phi) is 6.50. The van der Waals surface area contributed by atoms with E-state index < -0.39 is 17.6 Å². The standard InChI is InChI=1S/C25H26F3N7O2/c1-15(36)30-16-4-3-5-17(10-16)31-23-20(25(26,27)28)12-29-24(33-23)32-18-6-7-21-22(11-18)37-14-19-13-34(2)8-9-35(19)21/h3-7,10-12,19H,8-9,13-14H2,1-2H3,(H,30,36)(H2,29,31,32,33)/t19-/m1/s1. The number of likely N-dealkylation sites (N-methyl/N-ethyl adjacent to an activating group) is 1. The highest BCUT2D eigenvalue weighted by atomic mass is 19.4. The predicted octanol–water partition coefficient (Wildman–Crippen LogP) is 4.45. The lowest BCUT2D eigenvalue weighted by atomic mass is 10.1. The molecule has 2 aliphatic rings. The highest BCUT2D eigenvalue weighted by Crippen LogP contribution is 2.39. The minimum Gasteiger partial charge on any atom is -0.489 e. The molecule has 0 saturated carbocycles. The van der Waals surface area contributed by atoms with Crippen molar-refractivity contribution in [1.29, 1.82) is 0 Å². The van der Waals surface area contributed by atoms with Crippen LogP contribution in [-0.4, -0.2) is 60.1 Å². The monoisotopic (exact) mass is 513 g/mol. The minimum absolute atomic E-state index is 0.0123. The Bertz CT molecular complexity index is 1320. The summed E-state index contributed by atoms with van der Waals surface area (Å²) in [6, 6.07) is 12.2. The van der Waals surface area contributed by atoms with Crippen LogP contribution in [0, 0.1) is 0 Å². The van der Waals surface area contributed by atoms with Crippen LogP contribution < -0.4 is 25.6 Å². The first-order valence-electron chi connectivity index (χ1n) is 11.7. The van der Waals surface area contributed by atoms with E-state index in [0.29, 0.717) is 29.4 Å². The second-order valence-electron chi connectivity index (χ2n) is 9.07. The van der Waals surface area contributed by atoms with Crippen LogP contribution in [0.3, 0.4) is 0 Å². The molecule has 1 fully saturated rings. The average Bonchev–Trinajstić information content (AvgIpc) is 2.83. The van der Waals surface area contributed by atoms with Gasteiger partial charge in [0.2, 0.25) is 11.9 Å². The van der Waals surface area contributed by atoms with Gasteiger partial charge in [0.05, 0.1) is 11.7 Å². The molecule has 0 spiro atoms. The summed E-state index contributed by atoms with van der Waals surface area (Å²) in [5.74, 6) is -0.0223. The maximum absolute atomic E-state index is 13.7. The molecule has 9 nitrogen and oxygen atoms in total. The Morgan fingerprint density at radius 3 is 2.65 bits per heavy atom. The van der Waals surface area contributed by atoms with Gasteiger partial charge in [-0.2, -0.15) is 18.2 Å². The highest BCUT2D eigenvalue weighted by molar-refractivity contribution is 5.89. The SMILES string of the molecule is CC(=O)Nc1cccc(Nc2nc(Nc3ccc4c(c3)OC[C@H]3CN(C)CCN43)ncc2C(F)(F)F)c1. The summed E-state index contributed by atoms with van der Waals surface area (Å²) < 4.78 is 47.0. The normalized spacial score (nSPS) is 17.3. The van der Waals surface area contributed by atoms with Crippen LogP contribution in [0.4, 0.5) is 47.7 Å². The smallest absolute Gasteiger partial charge is 0.421 e. The van der Waals surface area contributed by atoms with E-state index in [1.165, 1.54) is 13.0 Å². The third kappa shape index (κ3) is 5.53. The largest absolute Gasteiger partial charge is 0.489 e. The van der Waals surface area contributed by atoms with Gasteiger partial charge >= 0.3 is 6.18 Å². The van der Waals surface area contributed by atoms with E-state index in [1.54, 1.807) is 24.3 Å². The number of piperazine rings is 1. The Morgan fingerprint density at radius 1 is 1.08 bits per heavy atom. The summed E-state index contributed by atoms with van der Waals surface area (Å²) in [6.45, 7) is 4.67. The van der Waals surface area contributed by atoms with Crippen molar-refractivity contribution in [3.63, 3.8) is 0 Å². The van der Waals surface area contributed by atoms with Gasteiger partial charge in [-0.3, -0.25) is 4.79 Å². The van der Waals surface area contributed by atoms with Crippen molar-refractivity contribution in [3.05, 3.63) is 54.2 Å². The van der Waals surface area contributed by atoms with Crippen molar-refractivity contribution in [2.45, 2.75) is 19.1 Å². The number of carbonyl (C=O) groups is 1. The van der Waals surface area contributed by atoms with Crippen molar-refractivity contribution in [2.24, 2.45) is 0 Å². The molecule has 1 saturated heterocycles. The molecule has 0 radical (unpaired) electrons. The number of halogens is 3. The second kappa shape index (κ2) is 9.77. The molecule has 194 valence electrons. The first-order valence-corrected chi connectivity index (χ1v) is 11.7. The zero-order chi connectivity index (χ0) is 26.2. The maximum Gasteiger partial charge on any atom is 0.421 e. The van der Waals surface area contributed by atoms with Crippen molar-refractivity contribution in [3.8, 4) is 5.75 Å². The average molecular weight is 514 g/mol. The maximum atomic E-state index is 13.7. The topological polar surface area (TPSA) is 94.6 Å².